The summed E-state index contributed by atoms with van der Waals surface area (Å²) in [6.07, 6.45) is 0. The molecule has 0 saturated carbocycles. The molecule has 0 aromatic heterocycles. The fourth-order valence-electron chi connectivity index (χ4n) is 1.97. The number of nitrogens with two attached hydrogens (primary N) is 1. The number of anilines is 1. The van der Waals surface area contributed by atoms with Crippen LogP contribution in [0.2, 0.25) is 0 Å². The van der Waals surface area contributed by atoms with E-state index in [1.807, 2.05) is 0 Å². The van der Waals surface area contributed by atoms with Crippen LogP contribution in [-0.2, 0) is 10.0 Å². The van der Waals surface area contributed by atoms with Crippen LogP contribution in [0.25, 0.3) is 0 Å². The van der Waals surface area contributed by atoms with Crippen molar-refractivity contribution in [3.63, 3.8) is 0 Å². The number of hydrogen-bond acceptors (Lipinski definition) is 3. The molecule has 0 aliphatic carbocycles. The van der Waals surface area contributed by atoms with Crippen molar-refractivity contribution in [2.24, 2.45) is 0 Å². The summed E-state index contributed by atoms with van der Waals surface area (Å²) in [5, 5.41) is 0. The number of para-hydroxylation sites is 1. The number of benzene rings is 2. The quantitative estimate of drug-likeness (QED) is 0.853. The average Bonchev–Trinajstić information content (AvgIpc) is 2.41. The van der Waals surface area contributed by atoms with E-state index in [0.717, 1.165) is 0 Å². The summed E-state index contributed by atoms with van der Waals surface area (Å²) in [5.74, 6) is -0.363. The van der Waals surface area contributed by atoms with Gasteiger partial charge in [-0.25, -0.2) is 17.5 Å². The molecule has 1 atom stereocenters. The van der Waals surface area contributed by atoms with Gasteiger partial charge in [-0.15, -0.1) is 0 Å². The van der Waals surface area contributed by atoms with Crippen molar-refractivity contribution in [3.05, 3.63) is 59.4 Å². The zero-order valence-corrected chi connectivity index (χ0v) is 12.6. The molecule has 0 aliphatic rings. The molecule has 2 aromatic rings. The molecular weight excluding hydrogens is 291 g/mol. The molecule has 0 heterocycles. The second kappa shape index (κ2) is 5.83. The molecule has 2 rings (SSSR count). The maximum absolute atomic E-state index is 13.6. The van der Waals surface area contributed by atoms with E-state index < -0.39 is 16.1 Å². The van der Waals surface area contributed by atoms with E-state index in [1.54, 1.807) is 38.1 Å². The minimum Gasteiger partial charge on any atom is -0.398 e. The van der Waals surface area contributed by atoms with E-state index in [-0.39, 0.29) is 16.4 Å². The highest BCUT2D eigenvalue weighted by molar-refractivity contribution is 7.89. The Labute approximate surface area is 123 Å². The van der Waals surface area contributed by atoms with E-state index >= 15 is 0 Å². The molecule has 0 fully saturated rings. The van der Waals surface area contributed by atoms with Crippen LogP contribution in [0.4, 0.5) is 10.1 Å². The Morgan fingerprint density at radius 2 is 1.86 bits per heavy atom. The van der Waals surface area contributed by atoms with Crippen LogP contribution in [0.3, 0.4) is 0 Å². The van der Waals surface area contributed by atoms with Gasteiger partial charge in [-0.05, 0) is 43.2 Å². The number of hydrogen-bond donors (Lipinski definition) is 2. The lowest BCUT2D eigenvalue weighted by molar-refractivity contribution is 0.564. The van der Waals surface area contributed by atoms with Gasteiger partial charge < -0.3 is 5.73 Å². The summed E-state index contributed by atoms with van der Waals surface area (Å²) in [7, 11) is -3.76. The Morgan fingerprint density at radius 1 is 1.19 bits per heavy atom. The second-order valence-electron chi connectivity index (χ2n) is 4.89. The maximum Gasteiger partial charge on any atom is 0.243 e. The average molecular weight is 308 g/mol. The first kappa shape index (κ1) is 15.5. The first-order chi connectivity index (χ1) is 9.81. The van der Waals surface area contributed by atoms with Crippen LogP contribution in [0, 0.1) is 12.7 Å². The number of sulfonamides is 1. The van der Waals surface area contributed by atoms with Crippen molar-refractivity contribution in [3.8, 4) is 0 Å². The zero-order chi connectivity index (χ0) is 15.6. The van der Waals surface area contributed by atoms with Gasteiger partial charge in [0.15, 0.2) is 0 Å². The molecule has 3 N–H and O–H groups in total. The Morgan fingerprint density at radius 3 is 2.48 bits per heavy atom. The van der Waals surface area contributed by atoms with Gasteiger partial charge in [0.05, 0.1) is 5.69 Å². The van der Waals surface area contributed by atoms with Crippen molar-refractivity contribution >= 4 is 15.7 Å². The molecular formula is C15H17FN2O2S. The number of nitrogen functional groups attached to an aromatic ring is 1. The molecule has 112 valence electrons. The van der Waals surface area contributed by atoms with Gasteiger partial charge in [-0.1, -0.05) is 24.3 Å². The Hall–Kier alpha value is -1.92. The van der Waals surface area contributed by atoms with Crippen molar-refractivity contribution in [1.29, 1.82) is 0 Å². The van der Waals surface area contributed by atoms with Gasteiger partial charge in [0.25, 0.3) is 0 Å². The minimum atomic E-state index is -3.76. The largest absolute Gasteiger partial charge is 0.398 e. The van der Waals surface area contributed by atoms with Crippen molar-refractivity contribution in [1.82, 2.24) is 4.72 Å². The molecule has 0 radical (unpaired) electrons. The van der Waals surface area contributed by atoms with E-state index in [2.05, 4.69) is 4.72 Å². The standard InChI is InChI=1S/C15H17FN2O2S/c1-10-7-8-12(9-13(10)16)11(2)18-21(19,20)15-6-4-3-5-14(15)17/h3-9,11,18H,17H2,1-2H3. The van der Waals surface area contributed by atoms with Crippen LogP contribution in [0.5, 0.6) is 0 Å². The van der Waals surface area contributed by atoms with Gasteiger partial charge in [-0.2, -0.15) is 0 Å². The van der Waals surface area contributed by atoms with Gasteiger partial charge in [-0.3, -0.25) is 0 Å². The first-order valence-corrected chi connectivity index (χ1v) is 7.92. The second-order valence-corrected chi connectivity index (χ2v) is 6.57. The number of halogens is 1. The van der Waals surface area contributed by atoms with Crippen molar-refractivity contribution in [2.45, 2.75) is 24.8 Å². The van der Waals surface area contributed by atoms with Gasteiger partial charge in [0.2, 0.25) is 10.0 Å². The smallest absolute Gasteiger partial charge is 0.243 e. The highest BCUT2D eigenvalue weighted by atomic mass is 32.2. The summed E-state index contributed by atoms with van der Waals surface area (Å²) >= 11 is 0. The number of aryl methyl sites for hydroxylation is 1. The van der Waals surface area contributed by atoms with Gasteiger partial charge >= 0.3 is 0 Å². The van der Waals surface area contributed by atoms with Crippen molar-refractivity contribution in [2.75, 3.05) is 5.73 Å². The third-order valence-electron chi connectivity index (χ3n) is 3.24. The highest BCUT2D eigenvalue weighted by Gasteiger charge is 2.20. The Kier molecular flexibility index (Phi) is 4.29. The molecule has 0 spiro atoms. The van der Waals surface area contributed by atoms with Gasteiger partial charge in [0, 0.05) is 6.04 Å². The summed E-state index contributed by atoms with van der Waals surface area (Å²) in [6.45, 7) is 3.30. The van der Waals surface area contributed by atoms with Crippen LogP contribution in [0.15, 0.2) is 47.4 Å². The third-order valence-corrected chi connectivity index (χ3v) is 4.85. The minimum absolute atomic E-state index is 0.0180. The lowest BCUT2D eigenvalue weighted by atomic mass is 10.1. The highest BCUT2D eigenvalue weighted by Crippen LogP contribution is 2.22. The topological polar surface area (TPSA) is 72.2 Å². The number of nitrogens with one attached hydrogen (secondary N) is 1. The molecule has 0 aliphatic heterocycles. The molecule has 4 nitrogen and oxygen atoms in total. The molecule has 21 heavy (non-hydrogen) atoms. The SMILES string of the molecule is Cc1ccc(C(C)NS(=O)(=O)c2ccccc2N)cc1F. The van der Waals surface area contributed by atoms with Crippen molar-refractivity contribution < 1.29 is 12.8 Å². The Balaban J connectivity index is 2.28. The normalized spacial score (nSPS) is 13.1. The predicted octanol–water partition coefficient (Wildman–Crippen LogP) is 2.76. The molecule has 2 aromatic carbocycles. The van der Waals surface area contributed by atoms with Crippen LogP contribution < -0.4 is 10.5 Å². The zero-order valence-electron chi connectivity index (χ0n) is 11.8. The summed E-state index contributed by atoms with van der Waals surface area (Å²) in [4.78, 5) is 0.0180. The van der Waals surface area contributed by atoms with E-state index in [4.69, 9.17) is 5.73 Å². The van der Waals surface area contributed by atoms with E-state index in [0.29, 0.717) is 11.1 Å². The van der Waals surface area contributed by atoms with Crippen LogP contribution in [0.1, 0.15) is 24.1 Å². The van der Waals surface area contributed by atoms with Gasteiger partial charge in [0.1, 0.15) is 10.7 Å². The van der Waals surface area contributed by atoms with E-state index in [1.165, 1.54) is 18.2 Å². The summed E-state index contributed by atoms with van der Waals surface area (Å²) in [5.41, 5.74) is 6.93. The van der Waals surface area contributed by atoms with Crippen LogP contribution >= 0.6 is 0 Å². The van der Waals surface area contributed by atoms with Crippen LogP contribution in [-0.4, -0.2) is 8.42 Å². The number of rotatable bonds is 4. The monoisotopic (exact) mass is 308 g/mol. The first-order valence-electron chi connectivity index (χ1n) is 6.44. The molecule has 1 unspecified atom stereocenters. The Bertz CT molecular complexity index is 760. The molecule has 0 saturated heterocycles. The molecule has 0 amide bonds. The summed E-state index contributed by atoms with van der Waals surface area (Å²) < 4.78 is 40.7. The van der Waals surface area contributed by atoms with E-state index in [9.17, 15) is 12.8 Å². The summed E-state index contributed by atoms with van der Waals surface area (Å²) in [6, 6.07) is 10.3. The lowest BCUT2D eigenvalue weighted by Gasteiger charge is -2.16. The predicted molar refractivity (Wildman–Crippen MR) is 80.7 cm³/mol. The third kappa shape index (κ3) is 3.40. The molecule has 6 heteroatoms. The lowest BCUT2D eigenvalue weighted by Crippen LogP contribution is -2.27. The fourth-order valence-corrected chi connectivity index (χ4v) is 3.33. The maximum atomic E-state index is 13.6. The fraction of sp³-hybridized carbons (Fsp3) is 0.200. The molecule has 0 bridgehead atoms.